The van der Waals surface area contributed by atoms with Crippen LogP contribution in [0.3, 0.4) is 0 Å². The van der Waals surface area contributed by atoms with Crippen LogP contribution in [0.25, 0.3) is 21.7 Å². The first-order chi connectivity index (χ1) is 19.4. The molecule has 0 amide bonds. The van der Waals surface area contributed by atoms with Gasteiger partial charge in [0.15, 0.2) is 11.5 Å². The predicted molar refractivity (Wildman–Crippen MR) is 174 cm³/mol. The molecule has 1 aromatic heterocycles. The van der Waals surface area contributed by atoms with Gasteiger partial charge >= 0.3 is 0 Å². The second kappa shape index (κ2) is 12.5. The third-order valence-corrected chi connectivity index (χ3v) is 8.09. The van der Waals surface area contributed by atoms with Crippen LogP contribution in [0.1, 0.15) is 50.1 Å². The van der Waals surface area contributed by atoms with Gasteiger partial charge in [-0.25, -0.2) is 4.98 Å². The Balaban J connectivity index is 1.50. The van der Waals surface area contributed by atoms with Gasteiger partial charge in [-0.15, -0.1) is 0 Å². The van der Waals surface area contributed by atoms with Gasteiger partial charge in [0.25, 0.3) is 5.56 Å². The lowest BCUT2D eigenvalue weighted by atomic mass is 10.1. The van der Waals surface area contributed by atoms with Crippen molar-refractivity contribution < 1.29 is 9.47 Å². The molecule has 0 N–H and O–H groups in total. The normalized spacial score (nSPS) is 12.3. The highest BCUT2D eigenvalue weighted by molar-refractivity contribution is 14.1. The summed E-state index contributed by atoms with van der Waals surface area (Å²) < 4.78 is 15.4. The fraction of sp³-hybridized carbons (Fsp3) is 0.219. The van der Waals surface area contributed by atoms with Crippen molar-refractivity contribution in [2.45, 2.75) is 39.7 Å². The maximum Gasteiger partial charge on any atom is 0.282 e. The van der Waals surface area contributed by atoms with Crippen molar-refractivity contribution in [3.05, 3.63) is 108 Å². The van der Waals surface area contributed by atoms with E-state index in [1.165, 1.54) is 15.4 Å². The SMILES string of the molecule is CCOc1cc(C=Nn2c([C@H](C)CC)nc3ccc(Br)cc3c2=O)cc(I)c1OCc1cccc2ccccc12. The minimum atomic E-state index is -0.201. The molecule has 0 aliphatic carbocycles. The minimum absolute atomic E-state index is 0.0573. The van der Waals surface area contributed by atoms with Gasteiger partial charge in [-0.2, -0.15) is 9.78 Å². The number of rotatable bonds is 9. The number of aromatic nitrogens is 2. The summed E-state index contributed by atoms with van der Waals surface area (Å²) in [6.45, 7) is 6.97. The monoisotopic (exact) mass is 709 g/mol. The van der Waals surface area contributed by atoms with Crippen molar-refractivity contribution in [1.82, 2.24) is 9.66 Å². The van der Waals surface area contributed by atoms with Crippen molar-refractivity contribution in [2.24, 2.45) is 5.10 Å². The summed E-state index contributed by atoms with van der Waals surface area (Å²) in [6.07, 6.45) is 2.51. The van der Waals surface area contributed by atoms with Crippen molar-refractivity contribution in [1.29, 1.82) is 0 Å². The van der Waals surface area contributed by atoms with Crippen LogP contribution < -0.4 is 15.0 Å². The summed E-state index contributed by atoms with van der Waals surface area (Å²) in [5, 5.41) is 7.49. The smallest absolute Gasteiger partial charge is 0.282 e. The average molecular weight is 710 g/mol. The van der Waals surface area contributed by atoms with Gasteiger partial charge in [-0.3, -0.25) is 4.79 Å². The molecule has 0 aliphatic rings. The van der Waals surface area contributed by atoms with Crippen LogP contribution in [0.4, 0.5) is 0 Å². The number of halogens is 2. The molecule has 4 aromatic carbocycles. The maximum atomic E-state index is 13.5. The number of ether oxygens (including phenoxy) is 2. The van der Waals surface area contributed by atoms with E-state index in [0.29, 0.717) is 41.4 Å². The Labute approximate surface area is 255 Å². The average Bonchev–Trinajstić information content (AvgIpc) is 2.96. The number of fused-ring (bicyclic) bond motifs is 2. The molecule has 0 saturated heterocycles. The molecule has 40 heavy (non-hydrogen) atoms. The number of hydrogen-bond donors (Lipinski definition) is 0. The van der Waals surface area contributed by atoms with E-state index >= 15 is 0 Å². The summed E-state index contributed by atoms with van der Waals surface area (Å²) in [5.74, 6) is 2.00. The fourth-order valence-corrected chi connectivity index (χ4v) is 5.68. The molecular formula is C32H29BrIN3O3. The molecule has 0 saturated carbocycles. The van der Waals surface area contributed by atoms with Gasteiger partial charge in [-0.05, 0) is 88.2 Å². The molecule has 0 radical (unpaired) electrons. The van der Waals surface area contributed by atoms with Gasteiger partial charge in [0.1, 0.15) is 12.4 Å². The minimum Gasteiger partial charge on any atom is -0.490 e. The highest BCUT2D eigenvalue weighted by Gasteiger charge is 2.17. The Morgan fingerprint density at radius 2 is 1.82 bits per heavy atom. The zero-order valence-electron chi connectivity index (χ0n) is 22.5. The highest BCUT2D eigenvalue weighted by atomic mass is 127. The van der Waals surface area contributed by atoms with Crippen LogP contribution in [-0.2, 0) is 6.61 Å². The first-order valence-electron chi connectivity index (χ1n) is 13.2. The van der Waals surface area contributed by atoms with Crippen LogP contribution in [0.5, 0.6) is 11.5 Å². The summed E-state index contributed by atoms with van der Waals surface area (Å²) in [5.41, 5.74) is 2.36. The second-order valence-electron chi connectivity index (χ2n) is 9.49. The van der Waals surface area contributed by atoms with Crippen LogP contribution in [0.2, 0.25) is 0 Å². The standard InChI is InChI=1S/C32H29BrIN3O3/c1-4-20(3)31-36-28-14-13-24(33)17-26(28)32(38)37(31)35-18-21-15-27(34)30(29(16-21)39-5-2)40-19-23-11-8-10-22-9-6-7-12-25(22)23/h6-18,20H,4-5,19H2,1-3H3/t20-/m1/s1. The topological polar surface area (TPSA) is 65.7 Å². The molecule has 0 fully saturated rings. The van der Waals surface area contributed by atoms with Crippen LogP contribution in [-0.4, -0.2) is 22.5 Å². The van der Waals surface area contributed by atoms with E-state index in [9.17, 15) is 4.79 Å². The first-order valence-corrected chi connectivity index (χ1v) is 15.1. The van der Waals surface area contributed by atoms with Crippen molar-refractivity contribution in [2.75, 3.05) is 6.61 Å². The fourth-order valence-electron chi connectivity index (χ4n) is 4.54. The summed E-state index contributed by atoms with van der Waals surface area (Å²) in [4.78, 5) is 18.3. The Kier molecular flexibility index (Phi) is 8.85. The Morgan fingerprint density at radius 1 is 1.02 bits per heavy atom. The molecule has 0 spiro atoms. The van der Waals surface area contributed by atoms with Crippen LogP contribution in [0.15, 0.2) is 87.2 Å². The molecule has 0 unspecified atom stereocenters. The lowest BCUT2D eigenvalue weighted by Crippen LogP contribution is -2.23. The Hall–Kier alpha value is -3.24. The summed E-state index contributed by atoms with van der Waals surface area (Å²) >= 11 is 5.72. The number of hydrogen-bond acceptors (Lipinski definition) is 5. The molecule has 1 atom stereocenters. The quantitative estimate of drug-likeness (QED) is 0.114. The van der Waals surface area contributed by atoms with Gasteiger partial charge in [0.05, 0.1) is 27.3 Å². The largest absolute Gasteiger partial charge is 0.490 e. The molecule has 0 aliphatic heterocycles. The lowest BCUT2D eigenvalue weighted by molar-refractivity contribution is 0.268. The van der Waals surface area contributed by atoms with Gasteiger partial charge in [0, 0.05) is 10.4 Å². The molecule has 0 bridgehead atoms. The van der Waals surface area contributed by atoms with E-state index in [1.54, 1.807) is 12.3 Å². The molecule has 5 rings (SSSR count). The maximum absolute atomic E-state index is 13.5. The van der Waals surface area contributed by atoms with E-state index < -0.39 is 0 Å². The van der Waals surface area contributed by atoms with Crippen molar-refractivity contribution >= 4 is 66.4 Å². The van der Waals surface area contributed by atoms with Gasteiger partial charge in [-0.1, -0.05) is 72.2 Å². The van der Waals surface area contributed by atoms with Crippen LogP contribution in [0, 0.1) is 3.57 Å². The van der Waals surface area contributed by atoms with E-state index in [4.69, 9.17) is 14.5 Å². The molecule has 5 aromatic rings. The third kappa shape index (κ3) is 5.93. The summed E-state index contributed by atoms with van der Waals surface area (Å²) in [7, 11) is 0. The summed E-state index contributed by atoms with van der Waals surface area (Å²) in [6, 6.07) is 23.9. The molecule has 204 valence electrons. The van der Waals surface area contributed by atoms with E-state index in [0.717, 1.165) is 25.6 Å². The molecular weight excluding hydrogens is 681 g/mol. The number of benzene rings is 4. The Morgan fingerprint density at radius 3 is 2.62 bits per heavy atom. The zero-order valence-corrected chi connectivity index (χ0v) is 26.3. The van der Waals surface area contributed by atoms with E-state index in [2.05, 4.69) is 81.7 Å². The first kappa shape index (κ1) is 28.3. The Bertz CT molecular complexity index is 1780. The zero-order chi connectivity index (χ0) is 28.2. The van der Waals surface area contributed by atoms with Crippen molar-refractivity contribution in [3.8, 4) is 11.5 Å². The predicted octanol–water partition coefficient (Wildman–Crippen LogP) is 8.29. The van der Waals surface area contributed by atoms with E-state index in [-0.39, 0.29) is 11.5 Å². The third-order valence-electron chi connectivity index (χ3n) is 6.79. The van der Waals surface area contributed by atoms with E-state index in [1.807, 2.05) is 49.4 Å². The molecule has 1 heterocycles. The second-order valence-corrected chi connectivity index (χ2v) is 11.6. The van der Waals surface area contributed by atoms with Crippen molar-refractivity contribution in [3.63, 3.8) is 0 Å². The number of nitrogens with zero attached hydrogens (tertiary/aromatic N) is 3. The lowest BCUT2D eigenvalue weighted by Gasteiger charge is -2.16. The van der Waals surface area contributed by atoms with Crippen LogP contribution >= 0.6 is 38.5 Å². The van der Waals surface area contributed by atoms with Gasteiger partial charge in [0.2, 0.25) is 0 Å². The highest BCUT2D eigenvalue weighted by Crippen LogP contribution is 2.35. The van der Waals surface area contributed by atoms with Gasteiger partial charge < -0.3 is 9.47 Å². The molecule has 8 heteroatoms. The molecule has 6 nitrogen and oxygen atoms in total.